The zero-order chi connectivity index (χ0) is 17.8. The Hall–Kier alpha value is -3.48. The summed E-state index contributed by atoms with van der Waals surface area (Å²) in [6.45, 7) is 2.40. The van der Waals surface area contributed by atoms with Gasteiger partial charge in [-0.3, -0.25) is 20.0 Å². The van der Waals surface area contributed by atoms with Crippen molar-refractivity contribution in [3.05, 3.63) is 81.5 Å². The number of H-pyrrole nitrogens is 1. The quantitative estimate of drug-likeness (QED) is 0.552. The van der Waals surface area contributed by atoms with E-state index in [1.165, 1.54) is 18.3 Å². The summed E-state index contributed by atoms with van der Waals surface area (Å²) >= 11 is 0. The predicted octanol–water partition coefficient (Wildman–Crippen LogP) is 3.22. The van der Waals surface area contributed by atoms with E-state index >= 15 is 0 Å². The number of aromatic nitrogens is 2. The summed E-state index contributed by atoms with van der Waals surface area (Å²) in [5, 5.41) is 20.3. The summed E-state index contributed by atoms with van der Waals surface area (Å²) < 4.78 is 0. The molecular weight excluding hydrogens is 320 g/mol. The van der Waals surface area contributed by atoms with Gasteiger partial charge in [0, 0.05) is 24.2 Å². The molecule has 0 unspecified atom stereocenters. The Morgan fingerprint density at radius 3 is 2.68 bits per heavy atom. The molecule has 7 heteroatoms. The first-order chi connectivity index (χ1) is 12.0. The van der Waals surface area contributed by atoms with Gasteiger partial charge in [0.15, 0.2) is 0 Å². The second kappa shape index (κ2) is 6.96. The lowest BCUT2D eigenvalue weighted by Gasteiger charge is -2.07. The maximum absolute atomic E-state index is 12.5. The van der Waals surface area contributed by atoms with Crippen molar-refractivity contribution in [1.82, 2.24) is 15.5 Å². The fourth-order valence-electron chi connectivity index (χ4n) is 2.53. The van der Waals surface area contributed by atoms with E-state index in [0.29, 0.717) is 23.4 Å². The number of nitro benzene ring substituents is 1. The number of nitrogens with zero attached hydrogens (tertiary/aromatic N) is 2. The molecule has 1 aromatic heterocycles. The lowest BCUT2D eigenvalue weighted by molar-refractivity contribution is -0.384. The molecule has 1 amide bonds. The smallest absolute Gasteiger partial charge is 0.269 e. The van der Waals surface area contributed by atoms with Gasteiger partial charge >= 0.3 is 0 Å². The maximum Gasteiger partial charge on any atom is 0.269 e. The molecule has 0 atom stereocenters. The summed E-state index contributed by atoms with van der Waals surface area (Å²) in [4.78, 5) is 22.7. The minimum Gasteiger partial charge on any atom is -0.348 e. The number of carbonyl (C=O) groups excluding carboxylic acids is 1. The molecule has 7 nitrogen and oxygen atoms in total. The van der Waals surface area contributed by atoms with E-state index in [-0.39, 0.29) is 11.6 Å². The molecule has 0 radical (unpaired) electrons. The van der Waals surface area contributed by atoms with Gasteiger partial charge in [0.2, 0.25) is 0 Å². The SMILES string of the molecule is Cc1cccc(CNC(=O)c2cn[nH]c2-c2ccc([N+](=O)[O-])cc2)c1. The van der Waals surface area contributed by atoms with Crippen LogP contribution in [0.3, 0.4) is 0 Å². The van der Waals surface area contributed by atoms with Crippen LogP contribution in [0.2, 0.25) is 0 Å². The van der Waals surface area contributed by atoms with Crippen LogP contribution in [0, 0.1) is 17.0 Å². The number of aryl methyl sites for hydroxylation is 1. The summed E-state index contributed by atoms with van der Waals surface area (Å²) in [6, 6.07) is 13.8. The third-order valence-electron chi connectivity index (χ3n) is 3.79. The van der Waals surface area contributed by atoms with Crippen molar-refractivity contribution in [1.29, 1.82) is 0 Å². The van der Waals surface area contributed by atoms with E-state index in [2.05, 4.69) is 15.5 Å². The summed E-state index contributed by atoms with van der Waals surface area (Å²) in [6.07, 6.45) is 1.45. The van der Waals surface area contributed by atoms with Crippen LogP contribution in [0.15, 0.2) is 54.7 Å². The highest BCUT2D eigenvalue weighted by atomic mass is 16.6. The maximum atomic E-state index is 12.5. The highest BCUT2D eigenvalue weighted by Crippen LogP contribution is 2.23. The number of amides is 1. The van der Waals surface area contributed by atoms with Crippen molar-refractivity contribution in [2.24, 2.45) is 0 Å². The Morgan fingerprint density at radius 2 is 2.00 bits per heavy atom. The first-order valence-corrected chi connectivity index (χ1v) is 7.66. The molecule has 0 bridgehead atoms. The first-order valence-electron chi connectivity index (χ1n) is 7.66. The van der Waals surface area contributed by atoms with Gasteiger partial charge in [-0.1, -0.05) is 29.8 Å². The zero-order valence-corrected chi connectivity index (χ0v) is 13.5. The van der Waals surface area contributed by atoms with E-state index < -0.39 is 4.92 Å². The average molecular weight is 336 g/mol. The number of benzene rings is 2. The second-order valence-electron chi connectivity index (χ2n) is 5.63. The van der Waals surface area contributed by atoms with Crippen molar-refractivity contribution < 1.29 is 9.72 Å². The lowest BCUT2D eigenvalue weighted by atomic mass is 10.1. The molecule has 126 valence electrons. The van der Waals surface area contributed by atoms with Crippen molar-refractivity contribution in [3.8, 4) is 11.3 Å². The summed E-state index contributed by atoms with van der Waals surface area (Å²) in [5.41, 5.74) is 3.70. The fraction of sp³-hybridized carbons (Fsp3) is 0.111. The van der Waals surface area contributed by atoms with Crippen LogP contribution in [0.25, 0.3) is 11.3 Å². The molecule has 0 aliphatic rings. The minimum absolute atomic E-state index is 0.00582. The molecule has 1 heterocycles. The molecule has 0 aliphatic carbocycles. The Labute approximate surface area is 143 Å². The van der Waals surface area contributed by atoms with Gasteiger partial charge in [-0.25, -0.2) is 0 Å². The molecule has 25 heavy (non-hydrogen) atoms. The van der Waals surface area contributed by atoms with Crippen LogP contribution in [0.4, 0.5) is 5.69 Å². The van der Waals surface area contributed by atoms with Crippen molar-refractivity contribution >= 4 is 11.6 Å². The number of hydrogen-bond acceptors (Lipinski definition) is 4. The van der Waals surface area contributed by atoms with E-state index in [1.807, 2.05) is 31.2 Å². The largest absolute Gasteiger partial charge is 0.348 e. The zero-order valence-electron chi connectivity index (χ0n) is 13.5. The standard InChI is InChI=1S/C18H16N4O3/c1-12-3-2-4-13(9-12)10-19-18(23)16-11-20-21-17(16)14-5-7-15(8-6-14)22(24)25/h2-9,11H,10H2,1H3,(H,19,23)(H,20,21). The molecule has 3 rings (SSSR count). The van der Waals surface area contributed by atoms with E-state index in [4.69, 9.17) is 0 Å². The Kier molecular flexibility index (Phi) is 4.56. The van der Waals surface area contributed by atoms with Gasteiger partial charge in [0.25, 0.3) is 11.6 Å². The van der Waals surface area contributed by atoms with E-state index in [9.17, 15) is 14.9 Å². The van der Waals surface area contributed by atoms with Gasteiger partial charge in [-0.2, -0.15) is 5.10 Å². The van der Waals surface area contributed by atoms with Gasteiger partial charge in [0.1, 0.15) is 0 Å². The highest BCUT2D eigenvalue weighted by molar-refractivity contribution is 5.99. The molecule has 0 saturated heterocycles. The van der Waals surface area contributed by atoms with Crippen LogP contribution in [-0.2, 0) is 6.54 Å². The predicted molar refractivity (Wildman–Crippen MR) is 93.0 cm³/mol. The average Bonchev–Trinajstić information content (AvgIpc) is 3.09. The second-order valence-corrected chi connectivity index (χ2v) is 5.63. The Morgan fingerprint density at radius 1 is 1.24 bits per heavy atom. The van der Waals surface area contributed by atoms with Crippen molar-refractivity contribution in [3.63, 3.8) is 0 Å². The topological polar surface area (TPSA) is 101 Å². The van der Waals surface area contributed by atoms with Crippen molar-refractivity contribution in [2.45, 2.75) is 13.5 Å². The normalized spacial score (nSPS) is 10.4. The molecule has 0 spiro atoms. The first kappa shape index (κ1) is 16.4. The third kappa shape index (κ3) is 3.72. The number of carbonyl (C=O) groups is 1. The van der Waals surface area contributed by atoms with Crippen LogP contribution in [-0.4, -0.2) is 21.0 Å². The van der Waals surface area contributed by atoms with Crippen LogP contribution >= 0.6 is 0 Å². The summed E-state index contributed by atoms with van der Waals surface area (Å²) in [5.74, 6) is -0.261. The number of hydrogen-bond donors (Lipinski definition) is 2. The van der Waals surface area contributed by atoms with Gasteiger partial charge in [-0.15, -0.1) is 0 Å². The van der Waals surface area contributed by atoms with Crippen molar-refractivity contribution in [2.75, 3.05) is 0 Å². The molecular formula is C18H16N4O3. The van der Waals surface area contributed by atoms with Gasteiger partial charge < -0.3 is 5.32 Å². The Bertz CT molecular complexity index is 916. The van der Waals surface area contributed by atoms with Crippen LogP contribution < -0.4 is 5.32 Å². The number of nitrogens with one attached hydrogen (secondary N) is 2. The van der Waals surface area contributed by atoms with Crippen LogP contribution in [0.1, 0.15) is 21.5 Å². The lowest BCUT2D eigenvalue weighted by Crippen LogP contribution is -2.23. The molecule has 2 aromatic carbocycles. The molecule has 0 saturated carbocycles. The summed E-state index contributed by atoms with van der Waals surface area (Å²) in [7, 11) is 0. The number of rotatable bonds is 5. The third-order valence-corrected chi connectivity index (χ3v) is 3.79. The molecule has 3 aromatic rings. The van der Waals surface area contributed by atoms with Gasteiger partial charge in [-0.05, 0) is 24.6 Å². The fourth-order valence-corrected chi connectivity index (χ4v) is 2.53. The molecule has 2 N–H and O–H groups in total. The minimum atomic E-state index is -0.466. The van der Waals surface area contributed by atoms with Crippen LogP contribution in [0.5, 0.6) is 0 Å². The monoisotopic (exact) mass is 336 g/mol. The van der Waals surface area contributed by atoms with E-state index in [0.717, 1.165) is 11.1 Å². The number of aromatic amines is 1. The molecule has 0 aliphatic heterocycles. The van der Waals surface area contributed by atoms with Gasteiger partial charge in [0.05, 0.1) is 22.4 Å². The van der Waals surface area contributed by atoms with E-state index in [1.54, 1.807) is 12.1 Å². The molecule has 0 fully saturated rings. The number of nitro groups is 1. The number of non-ortho nitro benzene ring substituents is 1. The Balaban J connectivity index is 1.76. The highest BCUT2D eigenvalue weighted by Gasteiger charge is 2.16.